The normalized spacial score (nSPS) is 11.7. The van der Waals surface area contributed by atoms with Crippen molar-refractivity contribution in [3.8, 4) is 17.0 Å². The van der Waals surface area contributed by atoms with Gasteiger partial charge >= 0.3 is 0 Å². The second-order valence-electron chi connectivity index (χ2n) is 6.47. The number of nitrogens with zero attached hydrogens (tertiary/aromatic N) is 3. The number of benzene rings is 1. The summed E-state index contributed by atoms with van der Waals surface area (Å²) in [5, 5.41) is 33.8. The van der Waals surface area contributed by atoms with Gasteiger partial charge in [-0.25, -0.2) is 0 Å². The van der Waals surface area contributed by atoms with Crippen molar-refractivity contribution in [2.45, 2.75) is 25.9 Å². The Morgan fingerprint density at radius 3 is 2.68 bits per heavy atom. The quantitative estimate of drug-likeness (QED) is 0.645. The van der Waals surface area contributed by atoms with Crippen LogP contribution in [0.5, 0.6) is 5.75 Å². The molecular formula is C18H19ClN4O2. The molecule has 0 atom stereocenters. The predicted octanol–water partition coefficient (Wildman–Crippen LogP) is 3.62. The van der Waals surface area contributed by atoms with E-state index >= 15 is 0 Å². The van der Waals surface area contributed by atoms with Crippen LogP contribution in [0.4, 0.5) is 5.82 Å². The van der Waals surface area contributed by atoms with Crippen molar-refractivity contribution in [3.63, 3.8) is 0 Å². The molecule has 0 fully saturated rings. The number of hydrogen-bond acceptors (Lipinski definition) is 6. The number of aliphatic hydroxyl groups is 1. The Balaban J connectivity index is 2.01. The zero-order valence-electron chi connectivity index (χ0n) is 14.0. The van der Waals surface area contributed by atoms with Gasteiger partial charge in [-0.15, -0.1) is 10.2 Å². The monoisotopic (exact) mass is 358 g/mol. The molecule has 0 aliphatic heterocycles. The maximum absolute atomic E-state index is 10.2. The zero-order valence-corrected chi connectivity index (χ0v) is 14.7. The van der Waals surface area contributed by atoms with Gasteiger partial charge in [-0.1, -0.05) is 11.6 Å². The second-order valence-corrected chi connectivity index (χ2v) is 6.91. The van der Waals surface area contributed by atoms with Crippen LogP contribution in [0.3, 0.4) is 0 Å². The molecule has 0 saturated heterocycles. The third-order valence-electron chi connectivity index (χ3n) is 3.83. The molecule has 6 nitrogen and oxygen atoms in total. The molecule has 1 aromatic carbocycles. The highest BCUT2D eigenvalue weighted by Crippen LogP contribution is 2.35. The number of aromatic hydroxyl groups is 1. The topological polar surface area (TPSA) is 91.2 Å². The average molecular weight is 359 g/mol. The number of nitrogens with one attached hydrogen (secondary N) is 1. The van der Waals surface area contributed by atoms with Crippen LogP contribution in [0.25, 0.3) is 22.0 Å². The fourth-order valence-electron chi connectivity index (χ4n) is 2.52. The van der Waals surface area contributed by atoms with Crippen molar-refractivity contribution in [1.29, 1.82) is 0 Å². The molecule has 0 saturated carbocycles. The molecule has 3 aromatic rings. The molecule has 2 aromatic heterocycles. The van der Waals surface area contributed by atoms with Crippen LogP contribution in [0.2, 0.25) is 5.02 Å². The van der Waals surface area contributed by atoms with Gasteiger partial charge in [-0.3, -0.25) is 4.98 Å². The number of fused-ring (bicyclic) bond motifs is 1. The van der Waals surface area contributed by atoms with E-state index in [4.69, 9.17) is 11.6 Å². The van der Waals surface area contributed by atoms with Crippen LogP contribution in [0, 0.1) is 0 Å². The Hall–Kier alpha value is -2.44. The summed E-state index contributed by atoms with van der Waals surface area (Å²) in [5.74, 6) is 0.632. The van der Waals surface area contributed by atoms with Crippen LogP contribution in [0.15, 0.2) is 36.7 Å². The lowest BCUT2D eigenvalue weighted by Gasteiger charge is -2.17. The highest BCUT2D eigenvalue weighted by Gasteiger charge is 2.16. The fourth-order valence-corrected chi connectivity index (χ4v) is 2.69. The summed E-state index contributed by atoms with van der Waals surface area (Å²) in [6.45, 7) is 4.06. The standard InChI is InChI=1S/C18H19ClN4O2/c1-18(2,25)6-8-21-17-14-10-20-7-5-12(14)16(22-23-17)13-4-3-11(19)9-15(13)24/h3-5,7,9-10,24-25H,6,8H2,1-2H3,(H,21,23). The Morgan fingerprint density at radius 1 is 1.16 bits per heavy atom. The molecule has 0 spiro atoms. The summed E-state index contributed by atoms with van der Waals surface area (Å²) < 4.78 is 0. The van der Waals surface area contributed by atoms with Gasteiger partial charge < -0.3 is 15.5 Å². The molecule has 2 heterocycles. The van der Waals surface area contributed by atoms with Gasteiger partial charge in [-0.05, 0) is 44.5 Å². The molecule has 7 heteroatoms. The smallest absolute Gasteiger partial charge is 0.158 e. The Labute approximate surface area is 150 Å². The van der Waals surface area contributed by atoms with Gasteiger partial charge in [0, 0.05) is 40.3 Å². The molecule has 0 radical (unpaired) electrons. The van der Waals surface area contributed by atoms with E-state index < -0.39 is 5.60 Å². The molecule has 0 aliphatic carbocycles. The van der Waals surface area contributed by atoms with E-state index in [0.29, 0.717) is 35.1 Å². The summed E-state index contributed by atoms with van der Waals surface area (Å²) in [6.07, 6.45) is 3.93. The molecule has 0 bridgehead atoms. The molecular weight excluding hydrogens is 340 g/mol. The average Bonchev–Trinajstić information content (AvgIpc) is 2.54. The van der Waals surface area contributed by atoms with E-state index in [-0.39, 0.29) is 5.75 Å². The van der Waals surface area contributed by atoms with Crippen LogP contribution in [-0.4, -0.2) is 37.5 Å². The summed E-state index contributed by atoms with van der Waals surface area (Å²) in [5.41, 5.74) is 0.347. The number of phenols is 1. The van der Waals surface area contributed by atoms with E-state index in [1.807, 2.05) is 6.07 Å². The van der Waals surface area contributed by atoms with Crippen LogP contribution in [-0.2, 0) is 0 Å². The maximum atomic E-state index is 10.2. The summed E-state index contributed by atoms with van der Waals surface area (Å²) in [4.78, 5) is 4.16. The first-order chi connectivity index (χ1) is 11.8. The van der Waals surface area contributed by atoms with E-state index in [9.17, 15) is 10.2 Å². The molecule has 3 rings (SSSR count). The van der Waals surface area contributed by atoms with Crippen molar-refractivity contribution < 1.29 is 10.2 Å². The van der Waals surface area contributed by atoms with E-state index in [0.717, 1.165) is 10.8 Å². The van der Waals surface area contributed by atoms with Gasteiger partial charge in [0.1, 0.15) is 11.4 Å². The predicted molar refractivity (Wildman–Crippen MR) is 98.8 cm³/mol. The number of pyridine rings is 1. The van der Waals surface area contributed by atoms with Gasteiger partial charge in [0.05, 0.1) is 5.60 Å². The molecule has 0 aliphatic rings. The first-order valence-electron chi connectivity index (χ1n) is 7.91. The SMILES string of the molecule is CC(C)(O)CCNc1nnc(-c2ccc(Cl)cc2O)c2ccncc12. The van der Waals surface area contributed by atoms with Gasteiger partial charge in [0.25, 0.3) is 0 Å². The number of aromatic nitrogens is 3. The second kappa shape index (κ2) is 6.82. The number of rotatable bonds is 5. The lowest BCUT2D eigenvalue weighted by atomic mass is 10.0. The van der Waals surface area contributed by atoms with Crippen molar-refractivity contribution in [2.75, 3.05) is 11.9 Å². The Morgan fingerprint density at radius 2 is 1.96 bits per heavy atom. The van der Waals surface area contributed by atoms with Crippen LogP contribution >= 0.6 is 11.6 Å². The first kappa shape index (κ1) is 17.4. The number of phenolic OH excluding ortho intramolecular Hbond substituents is 1. The minimum atomic E-state index is -0.760. The van der Waals surface area contributed by atoms with Crippen molar-refractivity contribution in [1.82, 2.24) is 15.2 Å². The number of halogens is 1. The lowest BCUT2D eigenvalue weighted by Crippen LogP contribution is -2.23. The van der Waals surface area contributed by atoms with E-state index in [2.05, 4.69) is 20.5 Å². The Kier molecular flexibility index (Phi) is 4.74. The minimum Gasteiger partial charge on any atom is -0.507 e. The third-order valence-corrected chi connectivity index (χ3v) is 4.06. The number of anilines is 1. The maximum Gasteiger partial charge on any atom is 0.158 e. The first-order valence-corrected chi connectivity index (χ1v) is 8.28. The van der Waals surface area contributed by atoms with Crippen molar-refractivity contribution in [2.24, 2.45) is 0 Å². The van der Waals surface area contributed by atoms with Crippen molar-refractivity contribution in [3.05, 3.63) is 41.7 Å². The van der Waals surface area contributed by atoms with Crippen LogP contribution in [0.1, 0.15) is 20.3 Å². The number of hydrogen-bond donors (Lipinski definition) is 3. The molecule has 3 N–H and O–H groups in total. The Bertz CT molecular complexity index is 909. The summed E-state index contributed by atoms with van der Waals surface area (Å²) >= 11 is 5.91. The summed E-state index contributed by atoms with van der Waals surface area (Å²) in [6, 6.07) is 6.71. The molecule has 0 amide bonds. The minimum absolute atomic E-state index is 0.0441. The van der Waals surface area contributed by atoms with Crippen LogP contribution < -0.4 is 5.32 Å². The third kappa shape index (κ3) is 3.97. The van der Waals surface area contributed by atoms with E-state index in [1.54, 1.807) is 38.4 Å². The summed E-state index contributed by atoms with van der Waals surface area (Å²) in [7, 11) is 0. The van der Waals surface area contributed by atoms with Gasteiger partial charge in [0.2, 0.25) is 0 Å². The van der Waals surface area contributed by atoms with Crippen molar-refractivity contribution >= 4 is 28.2 Å². The zero-order chi connectivity index (χ0) is 18.0. The van der Waals surface area contributed by atoms with Gasteiger partial charge in [-0.2, -0.15) is 0 Å². The lowest BCUT2D eigenvalue weighted by molar-refractivity contribution is 0.0748. The fraction of sp³-hybridized carbons (Fsp3) is 0.278. The largest absolute Gasteiger partial charge is 0.507 e. The highest BCUT2D eigenvalue weighted by molar-refractivity contribution is 6.30. The molecule has 25 heavy (non-hydrogen) atoms. The molecule has 0 unspecified atom stereocenters. The molecule has 130 valence electrons. The van der Waals surface area contributed by atoms with Gasteiger partial charge in [0.15, 0.2) is 5.82 Å². The van der Waals surface area contributed by atoms with E-state index in [1.165, 1.54) is 6.07 Å². The highest BCUT2D eigenvalue weighted by atomic mass is 35.5.